The molecule has 1 aromatic rings. The maximum Gasteiger partial charge on any atom is 0.270 e. The van der Waals surface area contributed by atoms with E-state index in [1.807, 2.05) is 28.8 Å². The third kappa shape index (κ3) is 4.47. The largest absolute Gasteiger partial charge is 0.340 e. The molecule has 1 aliphatic rings. The molecule has 4 nitrogen and oxygen atoms in total. The quantitative estimate of drug-likeness (QED) is 0.874. The van der Waals surface area contributed by atoms with Crippen molar-refractivity contribution >= 4 is 34.2 Å². The van der Waals surface area contributed by atoms with Crippen molar-refractivity contribution in [1.82, 2.24) is 14.8 Å². The number of hydrogen-bond acceptors (Lipinski definition) is 2. The van der Waals surface area contributed by atoms with E-state index < -0.39 is 0 Å². The van der Waals surface area contributed by atoms with Crippen LogP contribution in [0.2, 0.25) is 0 Å². The number of rotatable bonds is 3. The van der Waals surface area contributed by atoms with Crippen molar-refractivity contribution < 1.29 is 4.79 Å². The molecule has 0 radical (unpaired) electrons. The first-order valence-corrected chi connectivity index (χ1v) is 8.15. The fourth-order valence-corrected chi connectivity index (χ4v) is 3.22. The Bertz CT molecular complexity index is 467. The van der Waals surface area contributed by atoms with Crippen molar-refractivity contribution in [3.63, 3.8) is 0 Å². The molecule has 1 fully saturated rings. The first-order valence-electron chi connectivity index (χ1n) is 7.36. The van der Waals surface area contributed by atoms with Crippen LogP contribution in [-0.2, 0) is 0 Å². The van der Waals surface area contributed by atoms with Gasteiger partial charge in [-0.05, 0) is 68.2 Å². The summed E-state index contributed by atoms with van der Waals surface area (Å²) in [5.74, 6) is 0.122. The van der Waals surface area contributed by atoms with Crippen molar-refractivity contribution in [2.45, 2.75) is 45.2 Å². The number of carbonyl (C=O) groups excluding carboxylic acids is 1. The van der Waals surface area contributed by atoms with Crippen LogP contribution in [0.3, 0.4) is 0 Å². The molecule has 1 N–H and O–H groups in total. The van der Waals surface area contributed by atoms with Gasteiger partial charge in [-0.1, -0.05) is 0 Å². The van der Waals surface area contributed by atoms with Gasteiger partial charge in [0.2, 0.25) is 0 Å². The van der Waals surface area contributed by atoms with E-state index in [2.05, 4.69) is 35.1 Å². The van der Waals surface area contributed by atoms with Gasteiger partial charge in [0.1, 0.15) is 5.69 Å². The number of aromatic nitrogens is 1. The van der Waals surface area contributed by atoms with Gasteiger partial charge >= 0.3 is 0 Å². The number of carbonyl (C=O) groups is 1. The fourth-order valence-electron chi connectivity index (χ4n) is 2.78. The topological polar surface area (TPSA) is 37.3 Å². The van der Waals surface area contributed by atoms with Crippen LogP contribution in [0.5, 0.6) is 0 Å². The maximum atomic E-state index is 12.8. The van der Waals surface area contributed by atoms with E-state index in [4.69, 9.17) is 0 Å². The minimum atomic E-state index is 0. The standard InChI is InChI=1S/C15H24BrN3O.ClH/c1-11(2)19-10-12(16)9-14(19)15(20)18(3)13-5-4-7-17-8-6-13;/h9-11,13,17H,4-8H2,1-3H3;1H. The van der Waals surface area contributed by atoms with Crippen LogP contribution in [0.1, 0.15) is 49.6 Å². The van der Waals surface area contributed by atoms with Gasteiger partial charge in [0, 0.05) is 29.8 Å². The Morgan fingerprint density at radius 3 is 2.81 bits per heavy atom. The average Bonchev–Trinajstić information content (AvgIpc) is 2.64. The third-order valence-electron chi connectivity index (χ3n) is 4.00. The highest BCUT2D eigenvalue weighted by Gasteiger charge is 2.25. The van der Waals surface area contributed by atoms with Crippen molar-refractivity contribution in [2.24, 2.45) is 0 Å². The van der Waals surface area contributed by atoms with Crippen LogP contribution in [0.4, 0.5) is 0 Å². The number of hydrogen-bond donors (Lipinski definition) is 1. The highest BCUT2D eigenvalue weighted by atomic mass is 79.9. The zero-order valence-electron chi connectivity index (χ0n) is 12.9. The minimum Gasteiger partial charge on any atom is -0.340 e. The molecule has 6 heteroatoms. The van der Waals surface area contributed by atoms with Crippen molar-refractivity contribution in [3.05, 3.63) is 22.4 Å². The zero-order valence-corrected chi connectivity index (χ0v) is 15.3. The molecule has 0 saturated carbocycles. The molecule has 1 saturated heterocycles. The predicted octanol–water partition coefficient (Wildman–Crippen LogP) is 3.47. The van der Waals surface area contributed by atoms with Gasteiger partial charge in [-0.2, -0.15) is 0 Å². The predicted molar refractivity (Wildman–Crippen MR) is 92.4 cm³/mol. The summed E-state index contributed by atoms with van der Waals surface area (Å²) in [5, 5.41) is 3.39. The molecule has 2 heterocycles. The molecule has 120 valence electrons. The summed E-state index contributed by atoms with van der Waals surface area (Å²) >= 11 is 3.48. The summed E-state index contributed by atoms with van der Waals surface area (Å²) < 4.78 is 3.00. The number of nitrogens with one attached hydrogen (secondary N) is 1. The van der Waals surface area contributed by atoms with E-state index in [0.29, 0.717) is 6.04 Å². The molecule has 0 bridgehead atoms. The van der Waals surface area contributed by atoms with Gasteiger partial charge < -0.3 is 14.8 Å². The second kappa shape index (κ2) is 8.20. The van der Waals surface area contributed by atoms with Gasteiger partial charge in [-0.25, -0.2) is 0 Å². The fraction of sp³-hybridized carbons (Fsp3) is 0.667. The number of nitrogens with zero attached hydrogens (tertiary/aromatic N) is 2. The lowest BCUT2D eigenvalue weighted by Crippen LogP contribution is -2.38. The van der Waals surface area contributed by atoms with Crippen LogP contribution in [0.15, 0.2) is 16.7 Å². The van der Waals surface area contributed by atoms with Crippen LogP contribution < -0.4 is 5.32 Å². The summed E-state index contributed by atoms with van der Waals surface area (Å²) in [6.45, 7) is 6.25. The van der Waals surface area contributed by atoms with E-state index >= 15 is 0 Å². The molecule has 2 rings (SSSR count). The SMILES string of the molecule is CC(C)n1cc(Br)cc1C(=O)N(C)C1CCCNCC1.Cl. The molecule has 0 spiro atoms. The number of amides is 1. The van der Waals surface area contributed by atoms with E-state index in [0.717, 1.165) is 42.5 Å². The summed E-state index contributed by atoms with van der Waals surface area (Å²) in [7, 11) is 1.93. The Morgan fingerprint density at radius 2 is 2.14 bits per heavy atom. The second-order valence-electron chi connectivity index (χ2n) is 5.80. The summed E-state index contributed by atoms with van der Waals surface area (Å²) in [5.41, 5.74) is 0.770. The normalized spacial score (nSPS) is 19.0. The Hall–Kier alpha value is -0.520. The zero-order chi connectivity index (χ0) is 14.7. The Labute approximate surface area is 141 Å². The lowest BCUT2D eigenvalue weighted by atomic mass is 10.1. The van der Waals surface area contributed by atoms with Crippen LogP contribution in [0, 0.1) is 0 Å². The second-order valence-corrected chi connectivity index (χ2v) is 6.71. The van der Waals surface area contributed by atoms with E-state index in [1.54, 1.807) is 0 Å². The highest BCUT2D eigenvalue weighted by Crippen LogP contribution is 2.22. The minimum absolute atomic E-state index is 0. The molecular formula is C15H25BrClN3O. The molecule has 0 aliphatic carbocycles. The van der Waals surface area contributed by atoms with Crippen molar-refractivity contribution in [2.75, 3.05) is 20.1 Å². The van der Waals surface area contributed by atoms with Gasteiger partial charge in [0.05, 0.1) is 0 Å². The summed E-state index contributed by atoms with van der Waals surface area (Å²) in [4.78, 5) is 14.7. The molecular weight excluding hydrogens is 354 g/mol. The molecule has 21 heavy (non-hydrogen) atoms. The Balaban J connectivity index is 0.00000220. The van der Waals surface area contributed by atoms with Gasteiger partial charge in [-0.15, -0.1) is 12.4 Å². The Kier molecular flexibility index (Phi) is 7.24. The lowest BCUT2D eigenvalue weighted by Gasteiger charge is -2.28. The molecule has 1 atom stereocenters. The first-order chi connectivity index (χ1) is 9.50. The van der Waals surface area contributed by atoms with E-state index in [1.165, 1.54) is 0 Å². The van der Waals surface area contributed by atoms with Crippen molar-refractivity contribution in [3.8, 4) is 0 Å². The first kappa shape index (κ1) is 18.5. The van der Waals surface area contributed by atoms with E-state index in [-0.39, 0.29) is 24.4 Å². The van der Waals surface area contributed by atoms with Crippen LogP contribution in [0.25, 0.3) is 0 Å². The van der Waals surface area contributed by atoms with Crippen LogP contribution in [-0.4, -0.2) is 41.6 Å². The maximum absolute atomic E-state index is 12.8. The molecule has 0 aromatic carbocycles. The molecule has 1 aliphatic heterocycles. The van der Waals surface area contributed by atoms with Gasteiger partial charge in [0.15, 0.2) is 0 Å². The molecule has 1 amide bonds. The van der Waals surface area contributed by atoms with Gasteiger partial charge in [0.25, 0.3) is 5.91 Å². The number of halogens is 2. The summed E-state index contributed by atoms with van der Waals surface area (Å²) in [6, 6.07) is 2.55. The Morgan fingerprint density at radius 1 is 1.43 bits per heavy atom. The van der Waals surface area contributed by atoms with Crippen LogP contribution >= 0.6 is 28.3 Å². The molecule has 1 aromatic heterocycles. The third-order valence-corrected chi connectivity index (χ3v) is 4.44. The summed E-state index contributed by atoms with van der Waals surface area (Å²) in [6.07, 6.45) is 5.24. The average molecular weight is 379 g/mol. The van der Waals surface area contributed by atoms with Gasteiger partial charge in [-0.3, -0.25) is 4.79 Å². The smallest absolute Gasteiger partial charge is 0.270 e. The van der Waals surface area contributed by atoms with E-state index in [9.17, 15) is 4.79 Å². The lowest BCUT2D eigenvalue weighted by molar-refractivity contribution is 0.0708. The monoisotopic (exact) mass is 377 g/mol. The van der Waals surface area contributed by atoms with Crippen molar-refractivity contribution in [1.29, 1.82) is 0 Å². The highest BCUT2D eigenvalue weighted by molar-refractivity contribution is 9.10. The molecule has 1 unspecified atom stereocenters.